The average Bonchev–Trinajstić information content (AvgIpc) is 2.65. The van der Waals surface area contributed by atoms with Crippen molar-refractivity contribution in [2.75, 3.05) is 13.2 Å². The van der Waals surface area contributed by atoms with E-state index in [4.69, 9.17) is 10.5 Å². The molecule has 0 saturated carbocycles. The van der Waals surface area contributed by atoms with E-state index in [1.54, 1.807) is 0 Å². The van der Waals surface area contributed by atoms with Crippen molar-refractivity contribution in [2.24, 2.45) is 5.73 Å². The minimum Gasteiger partial charge on any atom is -0.494 e. The summed E-state index contributed by atoms with van der Waals surface area (Å²) in [6.45, 7) is 1.57. The van der Waals surface area contributed by atoms with Gasteiger partial charge in [-0.1, -0.05) is 61.4 Å². The van der Waals surface area contributed by atoms with Gasteiger partial charge in [0, 0.05) is 0 Å². The number of ether oxygens (including phenoxy) is 1. The molecule has 0 aliphatic rings. The Kier molecular flexibility index (Phi) is 5.86. The lowest BCUT2D eigenvalue weighted by Crippen LogP contribution is -2.00. The maximum Gasteiger partial charge on any atom is 0.119 e. The van der Waals surface area contributed by atoms with Gasteiger partial charge in [-0.25, -0.2) is 0 Å². The monoisotopic (exact) mass is 319 g/mol. The first-order valence-electron chi connectivity index (χ1n) is 8.79. The van der Waals surface area contributed by atoms with Crippen LogP contribution >= 0.6 is 0 Å². The molecule has 0 unspecified atom stereocenters. The van der Waals surface area contributed by atoms with Crippen LogP contribution in [0.1, 0.15) is 25.7 Å². The highest BCUT2D eigenvalue weighted by Crippen LogP contribution is 2.26. The number of fused-ring (bicyclic) bond motifs is 1. The predicted molar refractivity (Wildman–Crippen MR) is 102 cm³/mol. The Balaban J connectivity index is 1.59. The SMILES string of the molecule is NCCCCCCOc1ccc(-c2ccc3ccccc3c2)cc1. The van der Waals surface area contributed by atoms with Gasteiger partial charge in [0.15, 0.2) is 0 Å². The van der Waals surface area contributed by atoms with Gasteiger partial charge in [0.1, 0.15) is 5.75 Å². The van der Waals surface area contributed by atoms with E-state index in [0.717, 1.165) is 31.7 Å². The molecule has 124 valence electrons. The van der Waals surface area contributed by atoms with Crippen LogP contribution in [-0.4, -0.2) is 13.2 Å². The normalized spacial score (nSPS) is 10.9. The third-order valence-electron chi connectivity index (χ3n) is 4.30. The van der Waals surface area contributed by atoms with E-state index in [0.29, 0.717) is 0 Å². The molecule has 2 N–H and O–H groups in total. The van der Waals surface area contributed by atoms with Crippen LogP contribution in [0.3, 0.4) is 0 Å². The molecule has 3 rings (SSSR count). The zero-order chi connectivity index (χ0) is 16.6. The summed E-state index contributed by atoms with van der Waals surface area (Å²) < 4.78 is 5.82. The minimum absolute atomic E-state index is 0.778. The molecule has 0 aliphatic heterocycles. The average molecular weight is 319 g/mol. The molecule has 0 aliphatic carbocycles. The summed E-state index contributed by atoms with van der Waals surface area (Å²) in [6.07, 6.45) is 4.58. The van der Waals surface area contributed by atoms with Crippen molar-refractivity contribution >= 4 is 10.8 Å². The summed E-state index contributed by atoms with van der Waals surface area (Å²) in [5, 5.41) is 2.55. The number of rotatable bonds is 8. The highest BCUT2D eigenvalue weighted by atomic mass is 16.5. The largest absolute Gasteiger partial charge is 0.494 e. The van der Waals surface area contributed by atoms with Crippen molar-refractivity contribution in [3.05, 3.63) is 66.7 Å². The summed E-state index contributed by atoms with van der Waals surface area (Å²) in [4.78, 5) is 0. The van der Waals surface area contributed by atoms with E-state index < -0.39 is 0 Å². The summed E-state index contributed by atoms with van der Waals surface area (Å²) in [7, 11) is 0. The highest BCUT2D eigenvalue weighted by Gasteiger charge is 2.01. The van der Waals surface area contributed by atoms with Crippen molar-refractivity contribution in [3.8, 4) is 16.9 Å². The van der Waals surface area contributed by atoms with E-state index in [2.05, 4.69) is 66.7 Å². The molecule has 0 bridgehead atoms. The molecule has 0 spiro atoms. The first kappa shape index (κ1) is 16.5. The van der Waals surface area contributed by atoms with Crippen molar-refractivity contribution < 1.29 is 4.74 Å². The predicted octanol–water partition coefficient (Wildman–Crippen LogP) is 5.40. The van der Waals surface area contributed by atoms with Gasteiger partial charge < -0.3 is 10.5 Å². The molecule has 0 radical (unpaired) electrons. The fourth-order valence-corrected chi connectivity index (χ4v) is 2.90. The van der Waals surface area contributed by atoms with E-state index >= 15 is 0 Å². The van der Waals surface area contributed by atoms with Gasteiger partial charge in [0.25, 0.3) is 0 Å². The van der Waals surface area contributed by atoms with Crippen LogP contribution in [0, 0.1) is 0 Å². The molecular formula is C22H25NO. The third-order valence-corrected chi connectivity index (χ3v) is 4.30. The lowest BCUT2D eigenvalue weighted by molar-refractivity contribution is 0.305. The molecule has 0 aromatic heterocycles. The maximum absolute atomic E-state index is 5.82. The van der Waals surface area contributed by atoms with Gasteiger partial charge in [-0.2, -0.15) is 0 Å². The van der Waals surface area contributed by atoms with Gasteiger partial charge in [0.05, 0.1) is 6.61 Å². The van der Waals surface area contributed by atoms with Crippen LogP contribution in [0.25, 0.3) is 21.9 Å². The number of hydrogen-bond donors (Lipinski definition) is 1. The first-order chi connectivity index (χ1) is 11.9. The second-order valence-electron chi connectivity index (χ2n) is 6.14. The van der Waals surface area contributed by atoms with Crippen molar-refractivity contribution in [2.45, 2.75) is 25.7 Å². The molecule has 0 heterocycles. The van der Waals surface area contributed by atoms with Gasteiger partial charge >= 0.3 is 0 Å². The molecular weight excluding hydrogens is 294 g/mol. The van der Waals surface area contributed by atoms with E-state index in [-0.39, 0.29) is 0 Å². The van der Waals surface area contributed by atoms with Crippen LogP contribution in [0.4, 0.5) is 0 Å². The van der Waals surface area contributed by atoms with E-state index in [1.165, 1.54) is 34.7 Å². The number of unbranched alkanes of at least 4 members (excludes halogenated alkanes) is 3. The Morgan fingerprint density at radius 1 is 0.667 bits per heavy atom. The Morgan fingerprint density at radius 2 is 1.38 bits per heavy atom. The Labute approximate surface area is 144 Å². The van der Waals surface area contributed by atoms with Crippen LogP contribution in [0.2, 0.25) is 0 Å². The zero-order valence-electron chi connectivity index (χ0n) is 14.1. The minimum atomic E-state index is 0.778. The summed E-state index contributed by atoms with van der Waals surface area (Å²) >= 11 is 0. The van der Waals surface area contributed by atoms with Crippen molar-refractivity contribution in [1.82, 2.24) is 0 Å². The quantitative estimate of drug-likeness (QED) is 0.564. The Morgan fingerprint density at radius 3 is 2.17 bits per heavy atom. The lowest BCUT2D eigenvalue weighted by atomic mass is 10.0. The maximum atomic E-state index is 5.82. The third kappa shape index (κ3) is 4.36. The molecule has 2 heteroatoms. The lowest BCUT2D eigenvalue weighted by Gasteiger charge is -2.08. The molecule has 3 aromatic carbocycles. The number of benzene rings is 3. The second-order valence-corrected chi connectivity index (χ2v) is 6.14. The van der Waals surface area contributed by atoms with Crippen LogP contribution < -0.4 is 10.5 Å². The van der Waals surface area contributed by atoms with Crippen LogP contribution in [-0.2, 0) is 0 Å². The topological polar surface area (TPSA) is 35.2 Å². The second kappa shape index (κ2) is 8.51. The zero-order valence-corrected chi connectivity index (χ0v) is 14.1. The Hall–Kier alpha value is -2.32. The smallest absolute Gasteiger partial charge is 0.119 e. The molecule has 0 saturated heterocycles. The van der Waals surface area contributed by atoms with E-state index in [1.807, 2.05) is 0 Å². The number of hydrogen-bond acceptors (Lipinski definition) is 2. The molecule has 0 amide bonds. The first-order valence-corrected chi connectivity index (χ1v) is 8.79. The van der Waals surface area contributed by atoms with Crippen LogP contribution in [0.15, 0.2) is 66.7 Å². The van der Waals surface area contributed by atoms with Gasteiger partial charge in [-0.15, -0.1) is 0 Å². The summed E-state index contributed by atoms with van der Waals surface area (Å²) in [5.41, 5.74) is 7.95. The van der Waals surface area contributed by atoms with Crippen molar-refractivity contribution in [3.63, 3.8) is 0 Å². The fourth-order valence-electron chi connectivity index (χ4n) is 2.90. The van der Waals surface area contributed by atoms with Gasteiger partial charge in [-0.3, -0.25) is 0 Å². The molecule has 0 atom stereocenters. The standard InChI is InChI=1S/C22H25NO/c23-15-5-1-2-6-16-24-22-13-11-19(12-14-22)21-10-9-18-7-3-4-8-20(18)17-21/h3-4,7-14,17H,1-2,5-6,15-16,23H2. The van der Waals surface area contributed by atoms with Gasteiger partial charge in [0.2, 0.25) is 0 Å². The van der Waals surface area contributed by atoms with Gasteiger partial charge in [-0.05, 0) is 59.5 Å². The Bertz CT molecular complexity index is 764. The summed E-state index contributed by atoms with van der Waals surface area (Å²) in [6, 6.07) is 23.4. The van der Waals surface area contributed by atoms with Crippen molar-refractivity contribution in [1.29, 1.82) is 0 Å². The van der Waals surface area contributed by atoms with E-state index in [9.17, 15) is 0 Å². The fraction of sp³-hybridized carbons (Fsp3) is 0.273. The highest BCUT2D eigenvalue weighted by molar-refractivity contribution is 5.87. The number of nitrogens with two attached hydrogens (primary N) is 1. The molecule has 24 heavy (non-hydrogen) atoms. The molecule has 0 fully saturated rings. The summed E-state index contributed by atoms with van der Waals surface area (Å²) in [5.74, 6) is 0.943. The molecule has 3 aromatic rings. The van der Waals surface area contributed by atoms with Crippen LogP contribution in [0.5, 0.6) is 5.75 Å². The molecule has 2 nitrogen and oxygen atoms in total.